The number of hydrogen-bond donors (Lipinski definition) is 1. The molecule has 140 valence electrons. The van der Waals surface area contributed by atoms with Crippen LogP contribution >= 0.6 is 11.3 Å². The van der Waals surface area contributed by atoms with E-state index in [4.69, 9.17) is 4.74 Å². The molecule has 0 radical (unpaired) electrons. The van der Waals surface area contributed by atoms with Gasteiger partial charge in [-0.05, 0) is 31.0 Å². The molecule has 1 fully saturated rings. The molecule has 1 aliphatic carbocycles. The van der Waals surface area contributed by atoms with Crippen LogP contribution in [-0.4, -0.2) is 29.8 Å². The monoisotopic (exact) mass is 383 g/mol. The first-order chi connectivity index (χ1) is 12.6. The van der Waals surface area contributed by atoms with Crippen LogP contribution in [-0.2, 0) is 0 Å². The molecule has 0 saturated heterocycles. The van der Waals surface area contributed by atoms with Gasteiger partial charge in [0, 0.05) is 11.5 Å². The number of methoxy groups -OCH3 is 1. The topological polar surface area (TPSA) is 73.3 Å². The molecule has 1 aliphatic rings. The number of nitrogens with zero attached hydrogens (tertiary/aromatic N) is 2. The third-order valence-electron chi connectivity index (χ3n) is 4.26. The smallest absolute Gasteiger partial charge is 0.387 e. The molecule has 0 spiro atoms. The zero-order chi connectivity index (χ0) is 18.5. The van der Waals surface area contributed by atoms with Crippen LogP contribution in [0.3, 0.4) is 0 Å². The van der Waals surface area contributed by atoms with Gasteiger partial charge in [-0.1, -0.05) is 30.6 Å². The lowest BCUT2D eigenvalue weighted by Gasteiger charge is -2.18. The Morgan fingerprint density at radius 3 is 2.69 bits per heavy atom. The Morgan fingerprint density at radius 2 is 2.00 bits per heavy atom. The lowest BCUT2D eigenvalue weighted by Crippen LogP contribution is -2.12. The third-order valence-corrected chi connectivity index (χ3v) is 5.26. The zero-order valence-electron chi connectivity index (χ0n) is 14.2. The van der Waals surface area contributed by atoms with Crippen LogP contribution in [0.5, 0.6) is 11.5 Å². The van der Waals surface area contributed by atoms with E-state index in [2.05, 4.69) is 20.3 Å². The molecule has 9 heteroatoms. The van der Waals surface area contributed by atoms with E-state index in [1.165, 1.54) is 55.9 Å². The van der Waals surface area contributed by atoms with Crippen molar-refractivity contribution in [1.29, 1.82) is 0 Å². The molecule has 1 amide bonds. The highest BCUT2D eigenvalue weighted by Gasteiger charge is 2.21. The summed E-state index contributed by atoms with van der Waals surface area (Å²) in [6.07, 6.45) is 5.85. The first-order valence-corrected chi connectivity index (χ1v) is 9.16. The van der Waals surface area contributed by atoms with Crippen molar-refractivity contribution in [1.82, 2.24) is 10.2 Å². The number of hydrogen-bond acceptors (Lipinski definition) is 6. The van der Waals surface area contributed by atoms with Gasteiger partial charge in [0.1, 0.15) is 5.01 Å². The quantitative estimate of drug-likeness (QED) is 0.798. The maximum absolute atomic E-state index is 12.4. The summed E-state index contributed by atoms with van der Waals surface area (Å²) in [5.74, 6) is -0.0799. The minimum Gasteiger partial charge on any atom is -0.493 e. The summed E-state index contributed by atoms with van der Waals surface area (Å²) in [5, 5.41) is 12.3. The number of halogens is 2. The van der Waals surface area contributed by atoms with Crippen molar-refractivity contribution in [2.75, 3.05) is 12.4 Å². The highest BCUT2D eigenvalue weighted by atomic mass is 32.1. The van der Waals surface area contributed by atoms with Gasteiger partial charge in [-0.25, -0.2) is 0 Å². The van der Waals surface area contributed by atoms with Crippen molar-refractivity contribution in [3.8, 4) is 11.5 Å². The molecule has 6 nitrogen and oxygen atoms in total. The number of carbonyl (C=O) groups is 1. The Balaban J connectivity index is 1.69. The number of rotatable bonds is 6. The lowest BCUT2D eigenvalue weighted by molar-refractivity contribution is -0.0512. The number of amides is 1. The van der Waals surface area contributed by atoms with E-state index >= 15 is 0 Å². The second kappa shape index (κ2) is 8.39. The van der Waals surface area contributed by atoms with Gasteiger partial charge >= 0.3 is 6.61 Å². The molecule has 2 aromatic rings. The number of aromatic nitrogens is 2. The number of benzene rings is 1. The molecule has 1 heterocycles. The highest BCUT2D eigenvalue weighted by Crippen LogP contribution is 2.35. The second-order valence-electron chi connectivity index (χ2n) is 5.98. The van der Waals surface area contributed by atoms with Crippen molar-refractivity contribution in [2.24, 2.45) is 0 Å². The summed E-state index contributed by atoms with van der Waals surface area (Å²) in [4.78, 5) is 12.4. The predicted molar refractivity (Wildman–Crippen MR) is 93.3 cm³/mol. The molecule has 26 heavy (non-hydrogen) atoms. The van der Waals surface area contributed by atoms with E-state index in [9.17, 15) is 13.6 Å². The van der Waals surface area contributed by atoms with Crippen molar-refractivity contribution < 1.29 is 23.0 Å². The summed E-state index contributed by atoms with van der Waals surface area (Å²) >= 11 is 1.37. The standard InChI is InChI=1S/C17H19F2N3O3S/c1-24-13-9-11(7-8-12(13)25-16(18)19)14(23)20-17-22-21-15(26-17)10-5-3-2-4-6-10/h7-10,16H,2-6H2,1H3,(H,20,22,23). The van der Waals surface area contributed by atoms with Crippen LogP contribution in [0.15, 0.2) is 18.2 Å². The normalized spacial score (nSPS) is 15.1. The van der Waals surface area contributed by atoms with E-state index in [0.717, 1.165) is 17.8 Å². The summed E-state index contributed by atoms with van der Waals surface area (Å²) < 4.78 is 34.1. The highest BCUT2D eigenvalue weighted by molar-refractivity contribution is 7.15. The fourth-order valence-corrected chi connectivity index (χ4v) is 3.88. The molecular weight excluding hydrogens is 364 g/mol. The second-order valence-corrected chi connectivity index (χ2v) is 6.99. The fourth-order valence-electron chi connectivity index (χ4n) is 2.97. The van der Waals surface area contributed by atoms with Gasteiger partial charge in [-0.15, -0.1) is 10.2 Å². The Labute approximate surface area is 153 Å². The van der Waals surface area contributed by atoms with Gasteiger partial charge in [0.05, 0.1) is 7.11 Å². The van der Waals surface area contributed by atoms with Gasteiger partial charge in [-0.2, -0.15) is 8.78 Å². The van der Waals surface area contributed by atoms with Gasteiger partial charge in [0.15, 0.2) is 11.5 Å². The summed E-state index contributed by atoms with van der Waals surface area (Å²) in [6, 6.07) is 4.00. The van der Waals surface area contributed by atoms with Gasteiger partial charge < -0.3 is 9.47 Å². The lowest BCUT2D eigenvalue weighted by atomic mass is 9.90. The van der Waals surface area contributed by atoms with E-state index in [1.807, 2.05) is 0 Å². The van der Waals surface area contributed by atoms with Crippen molar-refractivity contribution in [3.05, 3.63) is 28.8 Å². The Morgan fingerprint density at radius 1 is 1.23 bits per heavy atom. The summed E-state index contributed by atoms with van der Waals surface area (Å²) in [6.45, 7) is -2.97. The van der Waals surface area contributed by atoms with Gasteiger partial charge in [0.25, 0.3) is 5.91 Å². The Bertz CT molecular complexity index is 763. The van der Waals surface area contributed by atoms with E-state index in [-0.39, 0.29) is 17.1 Å². The number of anilines is 1. The largest absolute Gasteiger partial charge is 0.493 e. The molecule has 1 saturated carbocycles. The van der Waals surface area contributed by atoms with E-state index in [0.29, 0.717) is 11.0 Å². The number of ether oxygens (including phenoxy) is 2. The zero-order valence-corrected chi connectivity index (χ0v) is 15.0. The molecule has 0 aliphatic heterocycles. The number of alkyl halides is 2. The molecule has 0 atom stereocenters. The van der Waals surface area contributed by atoms with Gasteiger partial charge in [0.2, 0.25) is 5.13 Å². The minimum atomic E-state index is -2.97. The molecular formula is C17H19F2N3O3S. The molecule has 1 aromatic carbocycles. The Kier molecular flexibility index (Phi) is 5.97. The summed E-state index contributed by atoms with van der Waals surface area (Å²) in [7, 11) is 1.32. The van der Waals surface area contributed by atoms with Crippen LogP contribution in [0.4, 0.5) is 13.9 Å². The van der Waals surface area contributed by atoms with Crippen LogP contribution in [0.1, 0.15) is 53.4 Å². The SMILES string of the molecule is COc1cc(C(=O)Nc2nnc(C3CCCCC3)s2)ccc1OC(F)F. The molecule has 0 bridgehead atoms. The summed E-state index contributed by atoms with van der Waals surface area (Å²) in [5.41, 5.74) is 0.248. The molecule has 3 rings (SSSR count). The minimum absolute atomic E-state index is 0.0538. The van der Waals surface area contributed by atoms with E-state index < -0.39 is 12.5 Å². The maximum Gasteiger partial charge on any atom is 0.387 e. The van der Waals surface area contributed by atoms with Crippen LogP contribution in [0.25, 0.3) is 0 Å². The average Bonchev–Trinajstić information content (AvgIpc) is 3.10. The maximum atomic E-state index is 12.4. The first-order valence-electron chi connectivity index (χ1n) is 8.34. The predicted octanol–water partition coefficient (Wildman–Crippen LogP) is 4.45. The van der Waals surface area contributed by atoms with Crippen LogP contribution in [0, 0.1) is 0 Å². The van der Waals surface area contributed by atoms with Gasteiger partial charge in [-0.3, -0.25) is 10.1 Å². The molecule has 1 aromatic heterocycles. The number of nitrogens with one attached hydrogen (secondary N) is 1. The Hall–Kier alpha value is -2.29. The first kappa shape index (κ1) is 18.5. The third kappa shape index (κ3) is 4.46. The fraction of sp³-hybridized carbons (Fsp3) is 0.471. The molecule has 1 N–H and O–H groups in total. The van der Waals surface area contributed by atoms with Crippen molar-refractivity contribution >= 4 is 22.4 Å². The van der Waals surface area contributed by atoms with E-state index in [1.54, 1.807) is 0 Å². The molecule has 0 unspecified atom stereocenters. The number of carbonyl (C=O) groups excluding carboxylic acids is 1. The van der Waals surface area contributed by atoms with Crippen LogP contribution in [0.2, 0.25) is 0 Å². The van der Waals surface area contributed by atoms with Crippen molar-refractivity contribution in [2.45, 2.75) is 44.6 Å². The van der Waals surface area contributed by atoms with Crippen molar-refractivity contribution in [3.63, 3.8) is 0 Å². The van der Waals surface area contributed by atoms with Crippen LogP contribution < -0.4 is 14.8 Å². The average molecular weight is 383 g/mol.